The number of amides is 2. The molecule has 8 heteroatoms. The van der Waals surface area contributed by atoms with Crippen molar-refractivity contribution in [1.82, 2.24) is 14.7 Å². The summed E-state index contributed by atoms with van der Waals surface area (Å²) in [6.07, 6.45) is 6.77. The summed E-state index contributed by atoms with van der Waals surface area (Å²) in [5.41, 5.74) is 7.28. The normalized spacial score (nSPS) is 29.6. The molecule has 0 radical (unpaired) electrons. The second kappa shape index (κ2) is 9.03. The Balaban J connectivity index is 1.29. The van der Waals surface area contributed by atoms with Crippen LogP contribution in [0.2, 0.25) is 0 Å². The fourth-order valence-corrected chi connectivity index (χ4v) is 6.56. The average Bonchev–Trinajstić information content (AvgIpc) is 3.60. The van der Waals surface area contributed by atoms with Gasteiger partial charge in [0.05, 0.1) is 24.2 Å². The Morgan fingerprint density at radius 3 is 2.58 bits per heavy atom. The molecule has 1 saturated carbocycles. The first-order valence-corrected chi connectivity index (χ1v) is 12.3. The van der Waals surface area contributed by atoms with Gasteiger partial charge in [0, 0.05) is 25.7 Å². The van der Waals surface area contributed by atoms with Gasteiger partial charge in [0.2, 0.25) is 11.8 Å². The van der Waals surface area contributed by atoms with E-state index in [0.717, 1.165) is 31.2 Å². The largest absolute Gasteiger partial charge is 0.330 e. The molecule has 2 bridgehead atoms. The molecule has 0 aromatic heterocycles. The van der Waals surface area contributed by atoms with Gasteiger partial charge in [-0.25, -0.2) is 4.39 Å². The smallest absolute Gasteiger partial charge is 0.241 e. The molecule has 1 aromatic rings. The highest BCUT2D eigenvalue weighted by molar-refractivity contribution is 5.87. The lowest BCUT2D eigenvalue weighted by molar-refractivity contribution is -0.142. The first kappa shape index (κ1) is 22.3. The zero-order chi connectivity index (χ0) is 23.1. The number of carbonyl (C=O) groups is 2. The number of likely N-dealkylation sites (tertiary alicyclic amines) is 3. The number of halogens is 1. The third kappa shape index (κ3) is 4.02. The molecule has 1 aromatic carbocycles. The molecule has 1 aliphatic carbocycles. The molecule has 5 rings (SSSR count). The van der Waals surface area contributed by atoms with E-state index in [1.807, 2.05) is 12.1 Å². The molecule has 5 atom stereocenters. The first-order chi connectivity index (χ1) is 16.0. The molecule has 3 heterocycles. The summed E-state index contributed by atoms with van der Waals surface area (Å²) in [4.78, 5) is 32.1. The number of piperazine rings is 1. The number of hydrogen-bond acceptors (Lipinski definition) is 5. The zero-order valence-electron chi connectivity index (χ0n) is 18.9. The van der Waals surface area contributed by atoms with Crippen LogP contribution in [0.5, 0.6) is 0 Å². The molecule has 0 unspecified atom stereocenters. The molecule has 7 nitrogen and oxygen atoms in total. The Morgan fingerprint density at radius 1 is 1.18 bits per heavy atom. The lowest BCUT2D eigenvalue weighted by atomic mass is 9.89. The van der Waals surface area contributed by atoms with E-state index < -0.39 is 12.1 Å². The van der Waals surface area contributed by atoms with Crippen molar-refractivity contribution in [2.75, 3.05) is 19.6 Å². The van der Waals surface area contributed by atoms with Crippen LogP contribution >= 0.6 is 0 Å². The summed E-state index contributed by atoms with van der Waals surface area (Å²) >= 11 is 0. The second-order valence-corrected chi connectivity index (χ2v) is 10.1. The van der Waals surface area contributed by atoms with Crippen LogP contribution in [0.25, 0.3) is 0 Å². The third-order valence-electron chi connectivity index (χ3n) is 8.11. The number of nitrogens with two attached hydrogens (primary N) is 1. The van der Waals surface area contributed by atoms with Crippen LogP contribution in [-0.4, -0.2) is 70.3 Å². The summed E-state index contributed by atoms with van der Waals surface area (Å²) in [5, 5.41) is 9.29. The summed E-state index contributed by atoms with van der Waals surface area (Å²) in [7, 11) is 0. The Labute approximate surface area is 194 Å². The van der Waals surface area contributed by atoms with E-state index in [1.165, 1.54) is 25.0 Å². The van der Waals surface area contributed by atoms with E-state index in [9.17, 15) is 19.2 Å². The van der Waals surface area contributed by atoms with E-state index in [2.05, 4.69) is 15.9 Å². The monoisotopic (exact) mass is 453 g/mol. The van der Waals surface area contributed by atoms with Crippen LogP contribution in [0.3, 0.4) is 0 Å². The SMILES string of the molecule is N#C[C@@H]1CCCN1C(=O)[C@@H](N)CN1C[C@@H]2C[C@H]1C(=O)N2[C@H](c1ccc(F)cc1)C1CCCC1. The Morgan fingerprint density at radius 2 is 1.91 bits per heavy atom. The van der Waals surface area contributed by atoms with Gasteiger partial charge in [-0.15, -0.1) is 0 Å². The summed E-state index contributed by atoms with van der Waals surface area (Å²) in [6, 6.07) is 7.49. The Hall–Kier alpha value is -2.50. The van der Waals surface area contributed by atoms with Crippen LogP contribution < -0.4 is 5.73 Å². The van der Waals surface area contributed by atoms with Crippen molar-refractivity contribution in [2.45, 2.75) is 75.2 Å². The van der Waals surface area contributed by atoms with E-state index in [1.54, 1.807) is 4.90 Å². The van der Waals surface area contributed by atoms with Crippen molar-refractivity contribution in [2.24, 2.45) is 11.7 Å². The quantitative estimate of drug-likeness (QED) is 0.713. The molecule has 2 N–H and O–H groups in total. The van der Waals surface area contributed by atoms with Gasteiger partial charge in [-0.3, -0.25) is 14.5 Å². The van der Waals surface area contributed by atoms with Crippen molar-refractivity contribution < 1.29 is 14.0 Å². The van der Waals surface area contributed by atoms with Crippen molar-refractivity contribution >= 4 is 11.8 Å². The maximum absolute atomic E-state index is 13.6. The van der Waals surface area contributed by atoms with E-state index >= 15 is 0 Å². The maximum atomic E-state index is 13.6. The van der Waals surface area contributed by atoms with Gasteiger partial charge in [-0.05, 0) is 55.7 Å². The minimum absolute atomic E-state index is 0.0194. The first-order valence-electron chi connectivity index (χ1n) is 12.3. The highest BCUT2D eigenvalue weighted by Gasteiger charge is 2.53. The van der Waals surface area contributed by atoms with Crippen LogP contribution in [0.1, 0.15) is 56.6 Å². The minimum Gasteiger partial charge on any atom is -0.330 e. The summed E-state index contributed by atoms with van der Waals surface area (Å²) in [5.74, 6) is 0.0401. The summed E-state index contributed by atoms with van der Waals surface area (Å²) < 4.78 is 13.6. The summed E-state index contributed by atoms with van der Waals surface area (Å²) in [6.45, 7) is 1.60. The Kier molecular flexibility index (Phi) is 6.11. The fraction of sp³-hybridized carbons (Fsp3) is 0.640. The predicted octanol–water partition coefficient (Wildman–Crippen LogP) is 2.18. The van der Waals surface area contributed by atoms with Crippen LogP contribution in [0.15, 0.2) is 24.3 Å². The van der Waals surface area contributed by atoms with Gasteiger partial charge >= 0.3 is 0 Å². The van der Waals surface area contributed by atoms with E-state index in [0.29, 0.717) is 32.0 Å². The molecule has 3 saturated heterocycles. The lowest BCUT2D eigenvalue weighted by Gasteiger charge is -2.42. The minimum atomic E-state index is -0.734. The standard InChI is InChI=1S/C25H32FN5O2/c26-18-9-7-17(8-10-18)23(16-4-1-2-5-16)31-20-12-22(25(31)33)29(14-20)15-21(28)24(32)30-11-3-6-19(30)13-27/h7-10,16,19-23H,1-6,11-12,14-15,28H2/t19-,20-,21-,22-,23-/m0/s1. The van der Waals surface area contributed by atoms with Gasteiger partial charge in [0.1, 0.15) is 11.9 Å². The molecular formula is C25H32FN5O2. The zero-order valence-corrected chi connectivity index (χ0v) is 18.9. The number of benzene rings is 1. The van der Waals surface area contributed by atoms with Gasteiger partial charge in [-0.1, -0.05) is 25.0 Å². The highest BCUT2D eigenvalue weighted by atomic mass is 19.1. The molecule has 4 aliphatic rings. The van der Waals surface area contributed by atoms with Crippen molar-refractivity contribution in [3.63, 3.8) is 0 Å². The van der Waals surface area contributed by atoms with Gasteiger partial charge in [0.25, 0.3) is 0 Å². The number of carbonyl (C=O) groups excluding carboxylic acids is 2. The average molecular weight is 454 g/mol. The molecule has 0 spiro atoms. The molecule has 176 valence electrons. The second-order valence-electron chi connectivity index (χ2n) is 10.1. The number of nitrogens with zero attached hydrogens (tertiary/aromatic N) is 4. The van der Waals surface area contributed by atoms with Crippen LogP contribution in [-0.2, 0) is 9.59 Å². The van der Waals surface area contributed by atoms with Gasteiger partial charge < -0.3 is 15.5 Å². The van der Waals surface area contributed by atoms with E-state index in [4.69, 9.17) is 5.73 Å². The number of fused-ring (bicyclic) bond motifs is 2. The van der Waals surface area contributed by atoms with Crippen LogP contribution in [0, 0.1) is 23.1 Å². The van der Waals surface area contributed by atoms with Gasteiger partial charge in [0.15, 0.2) is 0 Å². The topological polar surface area (TPSA) is 93.7 Å². The Bertz CT molecular complexity index is 941. The van der Waals surface area contributed by atoms with Crippen LogP contribution in [0.4, 0.5) is 4.39 Å². The van der Waals surface area contributed by atoms with Gasteiger partial charge in [-0.2, -0.15) is 5.26 Å². The number of hydrogen-bond donors (Lipinski definition) is 1. The van der Waals surface area contributed by atoms with E-state index in [-0.39, 0.29) is 35.8 Å². The molecule has 4 fully saturated rings. The lowest BCUT2D eigenvalue weighted by Crippen LogP contribution is -2.57. The predicted molar refractivity (Wildman–Crippen MR) is 120 cm³/mol. The molecule has 3 aliphatic heterocycles. The van der Waals surface area contributed by atoms with Crippen molar-refractivity contribution in [3.05, 3.63) is 35.6 Å². The van der Waals surface area contributed by atoms with Crippen molar-refractivity contribution in [3.8, 4) is 6.07 Å². The fourth-order valence-electron chi connectivity index (χ4n) is 6.56. The maximum Gasteiger partial charge on any atom is 0.241 e. The molecule has 2 amide bonds. The number of nitriles is 1. The molecular weight excluding hydrogens is 421 g/mol. The van der Waals surface area contributed by atoms with Crippen molar-refractivity contribution in [1.29, 1.82) is 5.26 Å². The number of rotatable bonds is 6. The highest BCUT2D eigenvalue weighted by Crippen LogP contribution is 2.45. The third-order valence-corrected chi connectivity index (χ3v) is 8.11. The molecule has 33 heavy (non-hydrogen) atoms.